The van der Waals surface area contributed by atoms with Gasteiger partial charge < -0.3 is 4.74 Å². The van der Waals surface area contributed by atoms with Crippen molar-refractivity contribution in [2.24, 2.45) is 0 Å². The zero-order valence-electron chi connectivity index (χ0n) is 6.30. The van der Waals surface area contributed by atoms with Crippen LogP contribution in [0.15, 0.2) is 4.47 Å². The van der Waals surface area contributed by atoms with E-state index >= 15 is 0 Å². The number of hydrogen-bond donors (Lipinski definition) is 0. The molecule has 0 radical (unpaired) electrons. The van der Waals surface area contributed by atoms with Crippen molar-refractivity contribution < 1.29 is 17.9 Å². The molecule has 1 nitrogen and oxygen atoms in total. The maximum atomic E-state index is 13.0. The molecule has 0 heterocycles. The lowest BCUT2D eigenvalue weighted by atomic mass is 10.3. The predicted molar refractivity (Wildman–Crippen MR) is 45.6 cm³/mol. The van der Waals surface area contributed by atoms with Crippen LogP contribution in [0, 0.1) is 17.5 Å². The van der Waals surface area contributed by atoms with Crippen LogP contribution >= 0.6 is 27.5 Å². The number of rotatable bonds is 1. The Hall–Kier alpha value is -0.420. The molecule has 0 N–H and O–H groups in total. The fraction of sp³-hybridized carbons (Fsp3) is 0.143. The molecule has 0 fully saturated rings. The van der Waals surface area contributed by atoms with Crippen LogP contribution in [0.3, 0.4) is 0 Å². The summed E-state index contributed by atoms with van der Waals surface area (Å²) in [7, 11) is 1.11. The van der Waals surface area contributed by atoms with E-state index in [1.165, 1.54) is 0 Å². The molecule has 0 unspecified atom stereocenters. The van der Waals surface area contributed by atoms with Gasteiger partial charge in [-0.3, -0.25) is 0 Å². The molecule has 0 bridgehead atoms. The molecule has 0 amide bonds. The number of halogens is 5. The summed E-state index contributed by atoms with van der Waals surface area (Å²) in [4.78, 5) is 0. The second kappa shape index (κ2) is 3.75. The van der Waals surface area contributed by atoms with Crippen molar-refractivity contribution in [1.29, 1.82) is 0 Å². The summed E-state index contributed by atoms with van der Waals surface area (Å²) in [6, 6.07) is 0. The van der Waals surface area contributed by atoms with Crippen LogP contribution in [-0.2, 0) is 0 Å². The summed E-state index contributed by atoms with van der Waals surface area (Å²) in [6.07, 6.45) is 0. The highest BCUT2D eigenvalue weighted by Gasteiger charge is 2.22. The Bertz CT molecular complexity index is 327. The van der Waals surface area contributed by atoms with E-state index in [-0.39, 0.29) is 0 Å². The smallest absolute Gasteiger partial charge is 0.183 e. The standard InChI is InChI=1S/C7H3BrClF3O/c1-13-7-3(9)6(12)4(10)2(8)5(7)11/h1H3. The first kappa shape index (κ1) is 10.7. The van der Waals surface area contributed by atoms with Gasteiger partial charge in [0.25, 0.3) is 0 Å². The Morgan fingerprint density at radius 2 is 1.69 bits per heavy atom. The highest BCUT2D eigenvalue weighted by atomic mass is 79.9. The van der Waals surface area contributed by atoms with Crippen LogP contribution in [0.2, 0.25) is 5.02 Å². The molecule has 1 aromatic carbocycles. The van der Waals surface area contributed by atoms with Gasteiger partial charge in [0, 0.05) is 0 Å². The van der Waals surface area contributed by atoms with E-state index in [2.05, 4.69) is 20.7 Å². The molecule has 72 valence electrons. The van der Waals surface area contributed by atoms with Gasteiger partial charge in [0.2, 0.25) is 0 Å². The van der Waals surface area contributed by atoms with Gasteiger partial charge in [0.1, 0.15) is 5.02 Å². The maximum Gasteiger partial charge on any atom is 0.183 e. The van der Waals surface area contributed by atoms with E-state index < -0.39 is 32.7 Å². The fourth-order valence-electron chi connectivity index (χ4n) is 0.764. The summed E-state index contributed by atoms with van der Waals surface area (Å²) in [5, 5.41) is -0.708. The molecule has 0 saturated heterocycles. The van der Waals surface area contributed by atoms with Gasteiger partial charge in [0.05, 0.1) is 11.6 Å². The molecule has 1 aromatic rings. The van der Waals surface area contributed by atoms with Gasteiger partial charge in [-0.2, -0.15) is 0 Å². The van der Waals surface area contributed by atoms with Crippen LogP contribution in [0.4, 0.5) is 13.2 Å². The second-order valence-corrected chi connectivity index (χ2v) is 3.27. The first-order valence-corrected chi connectivity index (χ1v) is 4.23. The van der Waals surface area contributed by atoms with Crippen molar-refractivity contribution in [1.82, 2.24) is 0 Å². The SMILES string of the molecule is COc1c(F)c(Br)c(F)c(F)c1Cl. The minimum atomic E-state index is -1.37. The topological polar surface area (TPSA) is 9.23 Å². The monoisotopic (exact) mass is 274 g/mol. The Kier molecular flexibility index (Phi) is 3.08. The minimum absolute atomic E-state index is 0.521. The Morgan fingerprint density at radius 3 is 2.15 bits per heavy atom. The summed E-state index contributed by atoms with van der Waals surface area (Å²) in [6.45, 7) is 0. The molecule has 0 spiro atoms. The van der Waals surface area contributed by atoms with E-state index in [1.807, 2.05) is 0 Å². The normalized spacial score (nSPS) is 10.3. The fourth-order valence-corrected chi connectivity index (χ4v) is 1.36. The first-order chi connectivity index (χ1) is 6.00. The van der Waals surface area contributed by atoms with E-state index in [0.717, 1.165) is 7.11 Å². The molecule has 6 heteroatoms. The Morgan fingerprint density at radius 1 is 1.15 bits per heavy atom. The van der Waals surface area contributed by atoms with Crippen molar-refractivity contribution in [3.8, 4) is 5.75 Å². The van der Waals surface area contributed by atoms with Crippen LogP contribution in [0.5, 0.6) is 5.75 Å². The largest absolute Gasteiger partial charge is 0.492 e. The van der Waals surface area contributed by atoms with Crippen molar-refractivity contribution in [3.05, 3.63) is 26.9 Å². The molecule has 0 saturated carbocycles. The summed E-state index contributed by atoms with van der Waals surface area (Å²) >= 11 is 7.80. The molecule has 0 atom stereocenters. The van der Waals surface area contributed by atoms with E-state index in [0.29, 0.717) is 0 Å². The summed E-state index contributed by atoms with van der Waals surface area (Å²) in [5.74, 6) is -4.30. The van der Waals surface area contributed by atoms with Gasteiger partial charge in [-0.05, 0) is 15.9 Å². The molecule has 0 aliphatic heterocycles. The highest BCUT2D eigenvalue weighted by Crippen LogP contribution is 2.37. The third-order valence-electron chi connectivity index (χ3n) is 1.37. The van der Waals surface area contributed by atoms with Crippen LogP contribution in [-0.4, -0.2) is 7.11 Å². The van der Waals surface area contributed by atoms with Crippen molar-refractivity contribution in [2.45, 2.75) is 0 Å². The quantitative estimate of drug-likeness (QED) is 0.563. The van der Waals surface area contributed by atoms with E-state index in [1.54, 1.807) is 0 Å². The molecule has 0 aliphatic rings. The molecular formula is C7H3BrClF3O. The summed E-state index contributed by atoms with van der Waals surface area (Å²) < 4.78 is 42.5. The highest BCUT2D eigenvalue weighted by molar-refractivity contribution is 9.10. The molecule has 0 aliphatic carbocycles. The van der Waals surface area contributed by atoms with E-state index in [4.69, 9.17) is 11.6 Å². The number of ether oxygens (including phenoxy) is 1. The maximum absolute atomic E-state index is 13.0. The van der Waals surface area contributed by atoms with Crippen molar-refractivity contribution in [3.63, 3.8) is 0 Å². The number of hydrogen-bond acceptors (Lipinski definition) is 1. The third-order valence-corrected chi connectivity index (χ3v) is 2.41. The van der Waals surface area contributed by atoms with Gasteiger partial charge in [-0.1, -0.05) is 11.6 Å². The lowest BCUT2D eigenvalue weighted by Crippen LogP contribution is -1.97. The average molecular weight is 275 g/mol. The molecular weight excluding hydrogens is 272 g/mol. The van der Waals surface area contributed by atoms with Crippen LogP contribution < -0.4 is 4.74 Å². The minimum Gasteiger partial charge on any atom is -0.492 e. The predicted octanol–water partition coefficient (Wildman–Crippen LogP) is 3.53. The van der Waals surface area contributed by atoms with Gasteiger partial charge in [-0.15, -0.1) is 0 Å². The zero-order valence-corrected chi connectivity index (χ0v) is 8.64. The van der Waals surface area contributed by atoms with Gasteiger partial charge >= 0.3 is 0 Å². The first-order valence-electron chi connectivity index (χ1n) is 3.06. The molecule has 1 rings (SSSR count). The van der Waals surface area contributed by atoms with Crippen molar-refractivity contribution >= 4 is 27.5 Å². The Balaban J connectivity index is 3.56. The van der Waals surface area contributed by atoms with Gasteiger partial charge in [0.15, 0.2) is 23.2 Å². The van der Waals surface area contributed by atoms with Gasteiger partial charge in [-0.25, -0.2) is 13.2 Å². The molecule has 0 aromatic heterocycles. The Labute approximate surface area is 85.6 Å². The van der Waals surface area contributed by atoms with Crippen molar-refractivity contribution in [2.75, 3.05) is 7.11 Å². The van der Waals surface area contributed by atoms with Crippen LogP contribution in [0.1, 0.15) is 0 Å². The summed E-state index contributed by atoms with van der Waals surface area (Å²) in [5.41, 5.74) is 0. The number of benzene rings is 1. The van der Waals surface area contributed by atoms with Crippen LogP contribution in [0.25, 0.3) is 0 Å². The van der Waals surface area contributed by atoms with E-state index in [9.17, 15) is 13.2 Å². The lowest BCUT2D eigenvalue weighted by Gasteiger charge is -2.07. The number of methoxy groups -OCH3 is 1. The average Bonchev–Trinajstić information content (AvgIpc) is 2.13. The lowest BCUT2D eigenvalue weighted by molar-refractivity contribution is 0.374. The zero-order chi connectivity index (χ0) is 10.2. The second-order valence-electron chi connectivity index (χ2n) is 2.10. The third kappa shape index (κ3) is 1.62. The molecule has 13 heavy (non-hydrogen) atoms.